The van der Waals surface area contributed by atoms with E-state index in [1.807, 2.05) is 21.9 Å². The summed E-state index contributed by atoms with van der Waals surface area (Å²) in [5.41, 5.74) is 1.07. The molecule has 1 spiro atoms. The van der Waals surface area contributed by atoms with Crippen LogP contribution in [0.2, 0.25) is 0 Å². The molecule has 8 fully saturated rings. The molecular weight excluding hydrogens is 931 g/mol. The molecule has 0 radical (unpaired) electrons. The standard InChI is InChI=1S/C57H68F2N8O6/c58-46-16-15-37(30-47-42-11-4-5-12-43(42)52(70)62-61-47)29-45(46)53(71)65-27-25-64(26-28-65)48(68)34-63-21-7-19-56(35-63)20-8-22-67(36-56)54(72)50(40-9-2-1-3-10-40)60-51(69)44-14-6-13-41(49(44)59)39-17-23-66(24-18-39)55(73)57-31-38(32-57)33-57/h4-6,11-16,29,38-40,50H,1-3,7-10,17-28,30-36H2,(H,60,69)(H,62,70)/t38?,50-,56?,57?/m1/s1. The summed E-state index contributed by atoms with van der Waals surface area (Å²) in [4.78, 5) is 91.7. The minimum absolute atomic E-state index is 0.0291. The largest absolute Gasteiger partial charge is 0.342 e. The number of nitrogens with zero attached hydrogens (tertiary/aromatic N) is 6. The number of H-pyrrole nitrogens is 1. The molecule has 16 heteroatoms. The molecule has 4 aliphatic heterocycles. The number of nitrogens with one attached hydrogen (secondary N) is 2. The molecular formula is C57H68F2N8O6. The fourth-order valence-corrected chi connectivity index (χ4v) is 13.9. The van der Waals surface area contributed by atoms with Crippen LogP contribution in [0, 0.1) is 34.3 Å². The first-order valence-electron chi connectivity index (χ1n) is 27.1. The van der Waals surface area contributed by atoms with Crippen molar-refractivity contribution in [1.82, 2.24) is 40.0 Å². The van der Waals surface area contributed by atoms with Gasteiger partial charge >= 0.3 is 0 Å². The normalized spacial score (nSPS) is 25.3. The van der Waals surface area contributed by atoms with Crippen LogP contribution in [-0.2, 0) is 20.8 Å². The van der Waals surface area contributed by atoms with E-state index in [1.165, 1.54) is 12.1 Å². The van der Waals surface area contributed by atoms with Gasteiger partial charge in [0.2, 0.25) is 17.7 Å². The first kappa shape index (κ1) is 49.2. The Labute approximate surface area is 425 Å². The van der Waals surface area contributed by atoms with E-state index in [9.17, 15) is 28.8 Å². The lowest BCUT2D eigenvalue weighted by Crippen LogP contribution is -2.61. The number of aromatic amines is 1. The highest BCUT2D eigenvalue weighted by Crippen LogP contribution is 2.65. The molecule has 4 aliphatic carbocycles. The fourth-order valence-electron chi connectivity index (χ4n) is 13.9. The van der Waals surface area contributed by atoms with Crippen LogP contribution >= 0.6 is 0 Å². The number of piperazine rings is 1. The van der Waals surface area contributed by atoms with E-state index in [0.717, 1.165) is 89.5 Å². The summed E-state index contributed by atoms with van der Waals surface area (Å²) in [5, 5.41) is 11.1. The zero-order valence-electron chi connectivity index (χ0n) is 41.9. The zero-order chi connectivity index (χ0) is 50.4. The summed E-state index contributed by atoms with van der Waals surface area (Å²) < 4.78 is 31.7. The van der Waals surface area contributed by atoms with Gasteiger partial charge < -0.3 is 24.9 Å². The topological polar surface area (TPSA) is 159 Å². The van der Waals surface area contributed by atoms with Gasteiger partial charge in [0.1, 0.15) is 17.7 Å². The molecule has 4 saturated heterocycles. The molecule has 5 amide bonds. The lowest BCUT2D eigenvalue weighted by Gasteiger charge is -2.61. The maximum absolute atomic E-state index is 16.5. The monoisotopic (exact) mass is 999 g/mol. The first-order chi connectivity index (χ1) is 35.4. The van der Waals surface area contributed by atoms with Crippen molar-refractivity contribution in [3.63, 3.8) is 0 Å². The Morgan fingerprint density at radius 3 is 2.15 bits per heavy atom. The van der Waals surface area contributed by atoms with Crippen LogP contribution in [0.5, 0.6) is 0 Å². The lowest BCUT2D eigenvalue weighted by atomic mass is 9.44. The summed E-state index contributed by atoms with van der Waals surface area (Å²) >= 11 is 0. The van der Waals surface area contributed by atoms with Gasteiger partial charge in [0.25, 0.3) is 17.4 Å². The van der Waals surface area contributed by atoms with Crippen molar-refractivity contribution in [3.05, 3.63) is 111 Å². The van der Waals surface area contributed by atoms with Gasteiger partial charge in [0.15, 0.2) is 0 Å². The Bertz CT molecular complexity index is 2830. The average molecular weight is 999 g/mol. The van der Waals surface area contributed by atoms with E-state index in [4.69, 9.17) is 0 Å². The minimum Gasteiger partial charge on any atom is -0.342 e. The number of aromatic nitrogens is 2. The van der Waals surface area contributed by atoms with Crippen molar-refractivity contribution in [1.29, 1.82) is 0 Å². The second kappa shape index (κ2) is 20.4. The SMILES string of the molecule is O=C(N[C@@H](C(=O)N1CCCC2(CCCN(CC(=O)N3CCN(C(=O)c4cc(Cc5n[nH]c(=O)c6ccccc56)ccc4F)CC3)C2)C1)C1CCCCC1)c1cccc(C2CCN(C(=O)C34CC(C3)C4)CC2)c1F. The average Bonchev–Trinajstić information content (AvgIpc) is 3.38. The maximum atomic E-state index is 16.5. The van der Waals surface area contributed by atoms with Crippen molar-refractivity contribution in [3.8, 4) is 0 Å². The Balaban J connectivity index is 0.693. The van der Waals surface area contributed by atoms with Crippen LogP contribution in [0.25, 0.3) is 10.8 Å². The molecule has 4 aromatic rings. The Hall–Kier alpha value is -6.03. The van der Waals surface area contributed by atoms with Crippen molar-refractivity contribution in [2.75, 3.05) is 72.0 Å². The number of benzene rings is 3. The molecule has 2 bridgehead atoms. The number of amides is 5. The third-order valence-electron chi connectivity index (χ3n) is 18.1. The lowest BCUT2D eigenvalue weighted by molar-refractivity contribution is -0.177. The predicted molar refractivity (Wildman–Crippen MR) is 271 cm³/mol. The van der Waals surface area contributed by atoms with Gasteiger partial charge in [-0.2, -0.15) is 5.10 Å². The maximum Gasteiger partial charge on any atom is 0.272 e. The molecule has 5 heterocycles. The first-order valence-corrected chi connectivity index (χ1v) is 27.1. The summed E-state index contributed by atoms with van der Waals surface area (Å²) in [6.07, 6.45) is 12.8. The van der Waals surface area contributed by atoms with Crippen molar-refractivity contribution in [2.24, 2.45) is 22.7 Å². The number of rotatable bonds is 11. The highest BCUT2D eigenvalue weighted by atomic mass is 19.1. The molecule has 1 aromatic heterocycles. The number of hydrogen-bond acceptors (Lipinski definition) is 8. The molecule has 1 unspecified atom stereocenters. The van der Waals surface area contributed by atoms with E-state index in [-0.39, 0.29) is 83.1 Å². The number of carbonyl (C=O) groups is 5. The van der Waals surface area contributed by atoms with Gasteiger partial charge in [0.05, 0.1) is 34.2 Å². The second-order valence-corrected chi connectivity index (χ2v) is 22.8. The summed E-state index contributed by atoms with van der Waals surface area (Å²) in [6.45, 7) is 5.11. The number of likely N-dealkylation sites (tertiary alicyclic amines) is 3. The minimum atomic E-state index is -0.773. The molecule has 73 heavy (non-hydrogen) atoms. The Morgan fingerprint density at radius 1 is 0.712 bits per heavy atom. The molecule has 4 saturated carbocycles. The van der Waals surface area contributed by atoms with Gasteiger partial charge in [-0.15, -0.1) is 0 Å². The van der Waals surface area contributed by atoms with E-state index in [2.05, 4.69) is 20.4 Å². The van der Waals surface area contributed by atoms with Crippen LogP contribution in [0.3, 0.4) is 0 Å². The number of halogens is 2. The molecule has 2 N–H and O–H groups in total. The van der Waals surface area contributed by atoms with Crippen LogP contribution in [0.15, 0.2) is 65.5 Å². The van der Waals surface area contributed by atoms with Gasteiger partial charge in [-0.05, 0) is 130 Å². The van der Waals surface area contributed by atoms with Crippen LogP contribution < -0.4 is 10.9 Å². The van der Waals surface area contributed by atoms with Crippen LogP contribution in [0.4, 0.5) is 8.78 Å². The number of carbonyl (C=O) groups excluding carboxylic acids is 5. The van der Waals surface area contributed by atoms with Gasteiger partial charge in [0, 0.05) is 76.1 Å². The second-order valence-electron chi connectivity index (χ2n) is 22.8. The highest BCUT2D eigenvalue weighted by molar-refractivity contribution is 5.98. The van der Waals surface area contributed by atoms with Crippen LogP contribution in [0.1, 0.15) is 133 Å². The van der Waals surface area contributed by atoms with Crippen molar-refractivity contribution >= 4 is 40.3 Å². The quantitative estimate of drug-likeness (QED) is 0.169. The molecule has 8 aliphatic rings. The highest BCUT2D eigenvalue weighted by Gasteiger charge is 2.62. The number of fused-ring (bicyclic) bond motifs is 1. The van der Waals surface area contributed by atoms with E-state index in [1.54, 1.807) is 46.2 Å². The molecule has 12 rings (SSSR count). The predicted octanol–water partition coefficient (Wildman–Crippen LogP) is 6.67. The number of hydrogen-bond donors (Lipinski definition) is 2. The van der Waals surface area contributed by atoms with Gasteiger partial charge in [-0.3, -0.25) is 33.7 Å². The third-order valence-corrected chi connectivity index (χ3v) is 18.1. The summed E-state index contributed by atoms with van der Waals surface area (Å²) in [7, 11) is 0. The van der Waals surface area contributed by atoms with Gasteiger partial charge in [-0.25, -0.2) is 13.9 Å². The fraction of sp³-hybridized carbons (Fsp3) is 0.561. The Morgan fingerprint density at radius 2 is 1.42 bits per heavy atom. The zero-order valence-corrected chi connectivity index (χ0v) is 41.9. The molecule has 2 atom stereocenters. The van der Waals surface area contributed by atoms with Crippen molar-refractivity contribution in [2.45, 2.75) is 108 Å². The van der Waals surface area contributed by atoms with E-state index in [0.29, 0.717) is 86.2 Å². The molecule has 386 valence electrons. The Kier molecular flexibility index (Phi) is 13.7. The van der Waals surface area contributed by atoms with Gasteiger partial charge in [-0.1, -0.05) is 55.7 Å². The molecule has 3 aromatic carbocycles. The summed E-state index contributed by atoms with van der Waals surface area (Å²) in [6, 6.07) is 15.8. The van der Waals surface area contributed by atoms with E-state index >= 15 is 8.78 Å². The molecule has 14 nitrogen and oxygen atoms in total. The number of piperidine rings is 3. The van der Waals surface area contributed by atoms with E-state index < -0.39 is 29.5 Å². The van der Waals surface area contributed by atoms with Crippen molar-refractivity contribution < 1.29 is 32.8 Å². The van der Waals surface area contributed by atoms with Crippen LogP contribution in [-0.4, -0.2) is 142 Å². The smallest absolute Gasteiger partial charge is 0.272 e. The summed E-state index contributed by atoms with van der Waals surface area (Å²) in [5.74, 6) is -1.46. The third kappa shape index (κ3) is 9.80.